The molecule has 0 atom stereocenters. The Morgan fingerprint density at radius 1 is 1.53 bits per heavy atom. The van der Waals surface area contributed by atoms with Crippen LogP contribution in [-0.4, -0.2) is 36.5 Å². The standard InChI is InChI=1S/C12H19N3OS/c13-11-1-4-15(5-2-11)8-12(16)14-7-10-3-6-17-9-10/h3,6,9,11H,1-2,4-5,7-8,13H2,(H,14,16). The van der Waals surface area contributed by atoms with Crippen molar-refractivity contribution in [1.82, 2.24) is 10.2 Å². The third-order valence-corrected chi connectivity index (χ3v) is 3.80. The second kappa shape index (κ2) is 6.14. The first kappa shape index (κ1) is 12.5. The largest absolute Gasteiger partial charge is 0.351 e. The van der Waals surface area contributed by atoms with Crippen LogP contribution in [0.4, 0.5) is 0 Å². The van der Waals surface area contributed by atoms with Crippen molar-refractivity contribution in [1.29, 1.82) is 0 Å². The predicted molar refractivity (Wildman–Crippen MR) is 69.8 cm³/mol. The van der Waals surface area contributed by atoms with Crippen LogP contribution in [0.15, 0.2) is 16.8 Å². The summed E-state index contributed by atoms with van der Waals surface area (Å²) in [6.45, 7) is 3.01. The van der Waals surface area contributed by atoms with Crippen LogP contribution in [0.5, 0.6) is 0 Å². The second-order valence-corrected chi connectivity index (χ2v) is 5.30. The molecular formula is C12H19N3OS. The molecular weight excluding hydrogens is 234 g/mol. The first-order chi connectivity index (χ1) is 8.24. The molecule has 0 spiro atoms. The number of hydrogen-bond acceptors (Lipinski definition) is 4. The third kappa shape index (κ3) is 4.11. The smallest absolute Gasteiger partial charge is 0.234 e. The van der Waals surface area contributed by atoms with E-state index in [0.29, 0.717) is 19.1 Å². The average Bonchev–Trinajstić information content (AvgIpc) is 2.83. The van der Waals surface area contributed by atoms with Crippen LogP contribution >= 0.6 is 11.3 Å². The van der Waals surface area contributed by atoms with Crippen molar-refractivity contribution in [2.75, 3.05) is 19.6 Å². The predicted octanol–water partition coefficient (Wildman–Crippen LogP) is 0.787. The van der Waals surface area contributed by atoms with Crippen molar-refractivity contribution in [3.05, 3.63) is 22.4 Å². The van der Waals surface area contributed by atoms with Gasteiger partial charge in [0.1, 0.15) is 0 Å². The van der Waals surface area contributed by atoms with Crippen LogP contribution in [-0.2, 0) is 11.3 Å². The Bertz CT molecular complexity index is 345. The fourth-order valence-electron chi connectivity index (χ4n) is 1.96. The number of piperidine rings is 1. The lowest BCUT2D eigenvalue weighted by Crippen LogP contribution is -2.44. The molecule has 1 aliphatic heterocycles. The quantitative estimate of drug-likeness (QED) is 0.834. The molecule has 0 radical (unpaired) electrons. The highest BCUT2D eigenvalue weighted by Crippen LogP contribution is 2.08. The van der Waals surface area contributed by atoms with E-state index >= 15 is 0 Å². The summed E-state index contributed by atoms with van der Waals surface area (Å²) >= 11 is 1.65. The molecule has 0 unspecified atom stereocenters. The number of nitrogens with zero attached hydrogens (tertiary/aromatic N) is 1. The molecule has 1 fully saturated rings. The Balaban J connectivity index is 1.67. The Kier molecular flexibility index (Phi) is 4.53. The molecule has 0 saturated carbocycles. The van der Waals surface area contributed by atoms with Crippen LogP contribution in [0, 0.1) is 0 Å². The number of rotatable bonds is 4. The van der Waals surface area contributed by atoms with E-state index in [1.54, 1.807) is 11.3 Å². The van der Waals surface area contributed by atoms with E-state index in [9.17, 15) is 4.79 Å². The SMILES string of the molecule is NC1CCN(CC(=O)NCc2ccsc2)CC1. The summed E-state index contributed by atoms with van der Waals surface area (Å²) in [5, 5.41) is 7.02. The fourth-order valence-corrected chi connectivity index (χ4v) is 2.63. The Hall–Kier alpha value is -0.910. The van der Waals surface area contributed by atoms with Gasteiger partial charge in [-0.1, -0.05) is 0 Å². The molecule has 1 aromatic rings. The minimum absolute atomic E-state index is 0.103. The van der Waals surface area contributed by atoms with E-state index in [-0.39, 0.29) is 5.91 Å². The van der Waals surface area contributed by atoms with Crippen molar-refractivity contribution in [3.63, 3.8) is 0 Å². The van der Waals surface area contributed by atoms with Gasteiger partial charge in [0.15, 0.2) is 0 Å². The molecule has 1 aromatic heterocycles. The van der Waals surface area contributed by atoms with E-state index in [0.717, 1.165) is 25.9 Å². The number of likely N-dealkylation sites (tertiary alicyclic amines) is 1. The molecule has 2 rings (SSSR count). The average molecular weight is 253 g/mol. The van der Waals surface area contributed by atoms with Gasteiger partial charge >= 0.3 is 0 Å². The molecule has 17 heavy (non-hydrogen) atoms. The number of carbonyl (C=O) groups excluding carboxylic acids is 1. The number of thiophene rings is 1. The van der Waals surface area contributed by atoms with Crippen LogP contribution < -0.4 is 11.1 Å². The topological polar surface area (TPSA) is 58.4 Å². The first-order valence-corrected chi connectivity index (χ1v) is 6.94. The zero-order valence-electron chi connectivity index (χ0n) is 9.89. The maximum absolute atomic E-state index is 11.7. The lowest BCUT2D eigenvalue weighted by atomic mass is 10.1. The Morgan fingerprint density at radius 2 is 2.29 bits per heavy atom. The summed E-state index contributed by atoms with van der Waals surface area (Å²) in [5.74, 6) is 0.103. The zero-order chi connectivity index (χ0) is 12.1. The highest BCUT2D eigenvalue weighted by atomic mass is 32.1. The molecule has 94 valence electrons. The van der Waals surface area contributed by atoms with Crippen molar-refractivity contribution in [2.24, 2.45) is 5.73 Å². The summed E-state index contributed by atoms with van der Waals surface area (Å²) in [6.07, 6.45) is 2.00. The molecule has 0 aliphatic carbocycles. The van der Waals surface area contributed by atoms with Gasteiger partial charge in [0.05, 0.1) is 6.54 Å². The Labute approximate surface area is 106 Å². The molecule has 2 heterocycles. The normalized spacial score (nSPS) is 18.2. The highest BCUT2D eigenvalue weighted by molar-refractivity contribution is 7.07. The van der Waals surface area contributed by atoms with Gasteiger partial charge in [0.25, 0.3) is 0 Å². The van der Waals surface area contributed by atoms with Crippen molar-refractivity contribution in [3.8, 4) is 0 Å². The van der Waals surface area contributed by atoms with E-state index in [4.69, 9.17) is 5.73 Å². The van der Waals surface area contributed by atoms with Gasteiger partial charge in [-0.2, -0.15) is 11.3 Å². The van der Waals surface area contributed by atoms with Gasteiger partial charge in [0.2, 0.25) is 5.91 Å². The summed E-state index contributed by atoms with van der Waals surface area (Å²) in [6, 6.07) is 2.35. The van der Waals surface area contributed by atoms with Crippen LogP contribution in [0.1, 0.15) is 18.4 Å². The molecule has 0 bridgehead atoms. The summed E-state index contributed by atoms with van der Waals surface area (Å²) < 4.78 is 0. The van der Waals surface area contributed by atoms with Crippen LogP contribution in [0.25, 0.3) is 0 Å². The lowest BCUT2D eigenvalue weighted by molar-refractivity contribution is -0.122. The maximum atomic E-state index is 11.7. The van der Waals surface area contributed by atoms with Gasteiger partial charge in [-0.15, -0.1) is 0 Å². The summed E-state index contributed by atoms with van der Waals surface area (Å²) in [5.41, 5.74) is 6.99. The minimum Gasteiger partial charge on any atom is -0.351 e. The molecule has 3 N–H and O–H groups in total. The second-order valence-electron chi connectivity index (χ2n) is 4.52. The van der Waals surface area contributed by atoms with E-state index in [2.05, 4.69) is 15.6 Å². The molecule has 1 saturated heterocycles. The van der Waals surface area contributed by atoms with E-state index in [1.165, 1.54) is 5.56 Å². The van der Waals surface area contributed by atoms with Crippen LogP contribution in [0.2, 0.25) is 0 Å². The minimum atomic E-state index is 0.103. The van der Waals surface area contributed by atoms with Gasteiger partial charge < -0.3 is 11.1 Å². The molecule has 1 aliphatic rings. The van der Waals surface area contributed by atoms with Gasteiger partial charge in [-0.05, 0) is 35.2 Å². The monoisotopic (exact) mass is 253 g/mol. The molecule has 5 heteroatoms. The fraction of sp³-hybridized carbons (Fsp3) is 0.583. The lowest BCUT2D eigenvalue weighted by Gasteiger charge is -2.29. The number of carbonyl (C=O) groups is 1. The number of nitrogens with one attached hydrogen (secondary N) is 1. The van der Waals surface area contributed by atoms with Crippen molar-refractivity contribution < 1.29 is 4.79 Å². The number of nitrogens with two attached hydrogens (primary N) is 1. The maximum Gasteiger partial charge on any atom is 0.234 e. The van der Waals surface area contributed by atoms with Crippen molar-refractivity contribution >= 4 is 17.2 Å². The Morgan fingerprint density at radius 3 is 2.94 bits per heavy atom. The molecule has 4 nitrogen and oxygen atoms in total. The number of amides is 1. The molecule has 1 amide bonds. The number of hydrogen-bond donors (Lipinski definition) is 2. The van der Waals surface area contributed by atoms with Gasteiger partial charge in [0, 0.05) is 25.7 Å². The van der Waals surface area contributed by atoms with Gasteiger partial charge in [-0.3, -0.25) is 9.69 Å². The van der Waals surface area contributed by atoms with Crippen LogP contribution in [0.3, 0.4) is 0 Å². The van der Waals surface area contributed by atoms with E-state index < -0.39 is 0 Å². The summed E-state index contributed by atoms with van der Waals surface area (Å²) in [7, 11) is 0. The van der Waals surface area contributed by atoms with E-state index in [1.807, 2.05) is 11.4 Å². The van der Waals surface area contributed by atoms with Crippen molar-refractivity contribution in [2.45, 2.75) is 25.4 Å². The highest BCUT2D eigenvalue weighted by Gasteiger charge is 2.17. The first-order valence-electron chi connectivity index (χ1n) is 6.00. The summed E-state index contributed by atoms with van der Waals surface area (Å²) in [4.78, 5) is 13.9. The zero-order valence-corrected chi connectivity index (χ0v) is 10.7. The van der Waals surface area contributed by atoms with Gasteiger partial charge in [-0.25, -0.2) is 0 Å². The third-order valence-electron chi connectivity index (χ3n) is 3.07. The molecule has 0 aromatic carbocycles.